The van der Waals surface area contributed by atoms with Crippen LogP contribution in [0.4, 0.5) is 0 Å². The summed E-state index contributed by atoms with van der Waals surface area (Å²) < 4.78 is 1.60. The number of hydrogen-bond donors (Lipinski definition) is 1. The zero-order chi connectivity index (χ0) is 18.5. The maximum absolute atomic E-state index is 12.2. The monoisotopic (exact) mass is 345 g/mol. The number of rotatable bonds is 5. The minimum absolute atomic E-state index is 0.363. The van der Waals surface area contributed by atoms with Gasteiger partial charge in [0.05, 0.1) is 18.2 Å². The molecule has 0 saturated carbocycles. The number of nitrogens with zero attached hydrogens (tertiary/aromatic N) is 2. The van der Waals surface area contributed by atoms with Crippen LogP contribution in [0.3, 0.4) is 0 Å². The number of benzene rings is 2. The highest BCUT2D eigenvalue weighted by Crippen LogP contribution is 2.23. The van der Waals surface area contributed by atoms with Crippen LogP contribution < -0.4 is 11.2 Å². The van der Waals surface area contributed by atoms with E-state index in [1.54, 1.807) is 10.6 Å². The summed E-state index contributed by atoms with van der Waals surface area (Å²) in [6, 6.07) is 18.9. The van der Waals surface area contributed by atoms with Gasteiger partial charge in [-0.05, 0) is 29.2 Å². The van der Waals surface area contributed by atoms with Gasteiger partial charge < -0.3 is 0 Å². The highest BCUT2D eigenvalue weighted by molar-refractivity contribution is 5.70. The van der Waals surface area contributed by atoms with Crippen molar-refractivity contribution in [3.8, 4) is 17.2 Å². The third-order valence-electron chi connectivity index (χ3n) is 4.28. The van der Waals surface area contributed by atoms with Gasteiger partial charge in [-0.2, -0.15) is 5.26 Å². The lowest BCUT2D eigenvalue weighted by molar-refractivity contribution is 0.658. The van der Waals surface area contributed by atoms with E-state index < -0.39 is 0 Å². The highest BCUT2D eigenvalue weighted by Gasteiger charge is 2.08. The van der Waals surface area contributed by atoms with Crippen molar-refractivity contribution in [1.82, 2.24) is 9.55 Å². The molecule has 0 fully saturated rings. The van der Waals surface area contributed by atoms with Crippen LogP contribution in [-0.4, -0.2) is 9.55 Å². The molecule has 26 heavy (non-hydrogen) atoms. The first-order chi connectivity index (χ1) is 12.6. The van der Waals surface area contributed by atoms with Crippen LogP contribution >= 0.6 is 0 Å². The molecule has 0 radical (unpaired) electrons. The lowest BCUT2D eigenvalue weighted by atomic mass is 9.99. The van der Waals surface area contributed by atoms with Gasteiger partial charge in [-0.1, -0.05) is 55.8 Å². The number of aromatic nitrogens is 2. The number of nitrogens with one attached hydrogen (secondary N) is 1. The van der Waals surface area contributed by atoms with Gasteiger partial charge in [0.2, 0.25) is 0 Å². The van der Waals surface area contributed by atoms with E-state index in [0.717, 1.165) is 28.8 Å². The quantitative estimate of drug-likeness (QED) is 0.772. The van der Waals surface area contributed by atoms with Gasteiger partial charge in [-0.3, -0.25) is 14.3 Å². The normalized spacial score (nSPS) is 10.5. The minimum atomic E-state index is -0.389. The fourth-order valence-electron chi connectivity index (χ4n) is 3.01. The molecule has 0 spiro atoms. The van der Waals surface area contributed by atoms with Crippen molar-refractivity contribution >= 4 is 0 Å². The van der Waals surface area contributed by atoms with Gasteiger partial charge in [-0.25, -0.2) is 4.79 Å². The molecule has 2 aromatic carbocycles. The standard InChI is InChI=1S/C21H19N3O2/c1-2-5-18-12-20(25)23-21(26)24(18)14-15-8-10-16(11-9-15)19-7-4-3-6-17(19)13-22/h3-4,6-12H,2,5,14H2,1H3,(H,23,25,26). The van der Waals surface area contributed by atoms with Crippen LogP contribution in [-0.2, 0) is 13.0 Å². The molecule has 1 heterocycles. The number of hydrogen-bond acceptors (Lipinski definition) is 3. The Hall–Kier alpha value is -3.39. The second-order valence-corrected chi connectivity index (χ2v) is 6.12. The first kappa shape index (κ1) is 17.4. The summed E-state index contributed by atoms with van der Waals surface area (Å²) in [6.45, 7) is 2.41. The fraction of sp³-hybridized carbons (Fsp3) is 0.190. The van der Waals surface area contributed by atoms with E-state index in [0.29, 0.717) is 18.5 Å². The van der Waals surface area contributed by atoms with E-state index >= 15 is 0 Å². The Bertz CT molecular complexity index is 1070. The predicted octanol–water partition coefficient (Wildman–Crippen LogP) is 3.08. The van der Waals surface area contributed by atoms with Gasteiger partial charge in [0.25, 0.3) is 5.56 Å². The Morgan fingerprint density at radius 1 is 1.08 bits per heavy atom. The van der Waals surface area contributed by atoms with Gasteiger partial charge >= 0.3 is 5.69 Å². The van der Waals surface area contributed by atoms with Crippen LogP contribution in [0.2, 0.25) is 0 Å². The molecule has 5 heteroatoms. The number of nitriles is 1. The Morgan fingerprint density at radius 3 is 2.50 bits per heavy atom. The largest absolute Gasteiger partial charge is 0.328 e. The van der Waals surface area contributed by atoms with Crippen LogP contribution in [0.5, 0.6) is 0 Å². The van der Waals surface area contributed by atoms with Crippen LogP contribution in [0.15, 0.2) is 64.2 Å². The van der Waals surface area contributed by atoms with Crippen molar-refractivity contribution in [1.29, 1.82) is 5.26 Å². The lowest BCUT2D eigenvalue weighted by Crippen LogP contribution is -2.32. The highest BCUT2D eigenvalue weighted by atomic mass is 16.2. The average molecular weight is 345 g/mol. The van der Waals surface area contributed by atoms with Crippen LogP contribution in [0.1, 0.15) is 30.2 Å². The average Bonchev–Trinajstić information content (AvgIpc) is 2.65. The molecule has 0 saturated heterocycles. The van der Waals surface area contributed by atoms with Gasteiger partial charge in [0.1, 0.15) is 0 Å². The second-order valence-electron chi connectivity index (χ2n) is 6.12. The first-order valence-electron chi connectivity index (χ1n) is 8.54. The maximum Gasteiger partial charge on any atom is 0.328 e. The summed E-state index contributed by atoms with van der Waals surface area (Å²) in [6.07, 6.45) is 1.53. The Morgan fingerprint density at radius 2 is 1.81 bits per heavy atom. The molecule has 1 aromatic heterocycles. The van der Waals surface area contributed by atoms with Crippen molar-refractivity contribution in [2.45, 2.75) is 26.3 Å². The van der Waals surface area contributed by atoms with Crippen molar-refractivity contribution in [2.24, 2.45) is 0 Å². The fourth-order valence-corrected chi connectivity index (χ4v) is 3.01. The van der Waals surface area contributed by atoms with E-state index in [1.807, 2.05) is 49.4 Å². The molecule has 0 aliphatic rings. The van der Waals surface area contributed by atoms with Gasteiger partial charge in [-0.15, -0.1) is 0 Å². The van der Waals surface area contributed by atoms with E-state index in [1.165, 1.54) is 6.07 Å². The molecule has 130 valence electrons. The molecule has 0 amide bonds. The SMILES string of the molecule is CCCc1cc(=O)[nH]c(=O)n1Cc1ccc(-c2ccccc2C#N)cc1. The zero-order valence-corrected chi connectivity index (χ0v) is 14.5. The smallest absolute Gasteiger partial charge is 0.293 e. The van der Waals surface area contributed by atoms with E-state index in [-0.39, 0.29) is 11.2 Å². The van der Waals surface area contributed by atoms with Gasteiger partial charge in [0, 0.05) is 11.8 Å². The third kappa shape index (κ3) is 3.65. The van der Waals surface area contributed by atoms with Gasteiger partial charge in [0.15, 0.2) is 0 Å². The Labute approximate surface area is 151 Å². The molecule has 0 bridgehead atoms. The predicted molar refractivity (Wildman–Crippen MR) is 101 cm³/mol. The van der Waals surface area contributed by atoms with Crippen molar-refractivity contribution in [3.63, 3.8) is 0 Å². The molecule has 0 unspecified atom stereocenters. The van der Waals surface area contributed by atoms with Crippen molar-refractivity contribution in [2.75, 3.05) is 0 Å². The van der Waals surface area contributed by atoms with Crippen LogP contribution in [0, 0.1) is 11.3 Å². The molecular formula is C21H19N3O2. The Balaban J connectivity index is 1.93. The molecule has 0 aliphatic heterocycles. The number of aryl methyl sites for hydroxylation is 1. The summed E-state index contributed by atoms with van der Waals surface area (Å²) in [5.74, 6) is 0. The number of H-pyrrole nitrogens is 1. The third-order valence-corrected chi connectivity index (χ3v) is 4.28. The van der Waals surface area contributed by atoms with E-state index in [9.17, 15) is 14.9 Å². The molecule has 0 aliphatic carbocycles. The lowest BCUT2D eigenvalue weighted by Gasteiger charge is -2.12. The second kappa shape index (κ2) is 7.66. The molecule has 5 nitrogen and oxygen atoms in total. The molecule has 1 N–H and O–H groups in total. The number of aromatic amines is 1. The molecule has 3 aromatic rings. The topological polar surface area (TPSA) is 78.7 Å². The molecule has 3 rings (SSSR count). The first-order valence-corrected chi connectivity index (χ1v) is 8.54. The molecular weight excluding hydrogens is 326 g/mol. The Kier molecular flexibility index (Phi) is 5.14. The summed E-state index contributed by atoms with van der Waals surface area (Å²) in [4.78, 5) is 26.1. The summed E-state index contributed by atoms with van der Waals surface area (Å²) >= 11 is 0. The van der Waals surface area contributed by atoms with E-state index in [2.05, 4.69) is 11.1 Å². The summed E-state index contributed by atoms with van der Waals surface area (Å²) in [5, 5.41) is 9.25. The maximum atomic E-state index is 12.2. The minimum Gasteiger partial charge on any atom is -0.293 e. The van der Waals surface area contributed by atoms with Crippen molar-refractivity contribution < 1.29 is 0 Å². The van der Waals surface area contributed by atoms with Crippen molar-refractivity contribution in [3.05, 3.63) is 92.3 Å². The van der Waals surface area contributed by atoms with Crippen LogP contribution in [0.25, 0.3) is 11.1 Å². The summed E-state index contributed by atoms with van der Waals surface area (Å²) in [7, 11) is 0. The summed E-state index contributed by atoms with van der Waals surface area (Å²) in [5.41, 5.74) is 3.40. The van der Waals surface area contributed by atoms with E-state index in [4.69, 9.17) is 0 Å². The zero-order valence-electron chi connectivity index (χ0n) is 14.5. The molecule has 0 atom stereocenters.